The van der Waals surface area contributed by atoms with Gasteiger partial charge < -0.3 is 10.1 Å². The summed E-state index contributed by atoms with van der Waals surface area (Å²) >= 11 is 5.96. The number of nitrogens with zero attached hydrogens (tertiary/aromatic N) is 2. The second kappa shape index (κ2) is 13.8. The van der Waals surface area contributed by atoms with Crippen LogP contribution < -0.4 is 16.2 Å². The van der Waals surface area contributed by atoms with E-state index in [1.807, 2.05) is 0 Å². The lowest BCUT2D eigenvalue weighted by atomic mass is 10.0. The van der Waals surface area contributed by atoms with Crippen molar-refractivity contribution in [3.8, 4) is 11.4 Å². The highest BCUT2D eigenvalue weighted by molar-refractivity contribution is 6.30. The van der Waals surface area contributed by atoms with E-state index in [1.54, 1.807) is 48.5 Å². The third-order valence-corrected chi connectivity index (χ3v) is 6.37. The Hall–Kier alpha value is -4.97. The zero-order valence-electron chi connectivity index (χ0n) is 22.3. The first-order chi connectivity index (χ1) is 20.5. The van der Waals surface area contributed by atoms with Gasteiger partial charge in [-0.1, -0.05) is 72.3 Å². The van der Waals surface area contributed by atoms with E-state index in [2.05, 4.69) is 15.6 Å². The molecule has 2 amide bonds. The number of ketones is 1. The minimum absolute atomic E-state index is 0.0400. The molecule has 0 saturated heterocycles. The fourth-order valence-corrected chi connectivity index (χ4v) is 4.19. The number of carbonyl (C=O) groups is 3. The van der Waals surface area contributed by atoms with E-state index in [0.29, 0.717) is 21.7 Å². The van der Waals surface area contributed by atoms with Gasteiger partial charge in [0.25, 0.3) is 11.3 Å². The monoisotopic (exact) mass is 612 g/mol. The van der Waals surface area contributed by atoms with Gasteiger partial charge in [-0.3, -0.25) is 24.3 Å². The molecule has 1 aromatic heterocycles. The molecule has 1 unspecified atom stereocenters. The third-order valence-electron chi connectivity index (χ3n) is 6.11. The van der Waals surface area contributed by atoms with Gasteiger partial charge >= 0.3 is 12.3 Å². The first-order valence-corrected chi connectivity index (χ1v) is 13.2. The number of halogens is 4. The number of Topliss-reactive ketones (excluding diaryl/α,β-unsaturated/α-hetero) is 1. The lowest BCUT2D eigenvalue weighted by molar-refractivity contribution is -0.173. The Balaban J connectivity index is 1.60. The molecule has 3 aromatic carbocycles. The van der Waals surface area contributed by atoms with Crippen molar-refractivity contribution in [1.82, 2.24) is 14.9 Å². The van der Waals surface area contributed by atoms with Gasteiger partial charge in [0.2, 0.25) is 5.91 Å². The lowest BCUT2D eigenvalue weighted by Crippen LogP contribution is -2.49. The molecule has 1 heterocycles. The molecule has 0 aliphatic rings. The Bertz CT molecular complexity index is 1650. The molecule has 43 heavy (non-hydrogen) atoms. The Kier molecular flexibility index (Phi) is 9.94. The van der Waals surface area contributed by atoms with Crippen LogP contribution in [0.1, 0.15) is 11.1 Å². The molecular weight excluding hydrogens is 589 g/mol. The Morgan fingerprint density at radius 1 is 0.907 bits per heavy atom. The maximum Gasteiger partial charge on any atom is 0.452 e. The van der Waals surface area contributed by atoms with E-state index in [9.17, 15) is 32.3 Å². The van der Waals surface area contributed by atoms with Crippen LogP contribution in [0.4, 0.5) is 23.7 Å². The van der Waals surface area contributed by atoms with Crippen LogP contribution in [0, 0.1) is 0 Å². The van der Waals surface area contributed by atoms with Gasteiger partial charge in [0.1, 0.15) is 30.7 Å². The molecule has 9 nitrogen and oxygen atoms in total. The van der Waals surface area contributed by atoms with Crippen LogP contribution in [0.3, 0.4) is 0 Å². The first-order valence-electron chi connectivity index (χ1n) is 12.8. The van der Waals surface area contributed by atoms with Gasteiger partial charge in [-0.15, -0.1) is 0 Å². The van der Waals surface area contributed by atoms with Gasteiger partial charge in [0.05, 0.1) is 6.20 Å². The summed E-state index contributed by atoms with van der Waals surface area (Å²) in [7, 11) is 0. The van der Waals surface area contributed by atoms with Crippen molar-refractivity contribution in [3.63, 3.8) is 0 Å². The molecule has 0 fully saturated rings. The van der Waals surface area contributed by atoms with Crippen LogP contribution >= 0.6 is 11.6 Å². The van der Waals surface area contributed by atoms with Crippen molar-refractivity contribution < 1.29 is 32.3 Å². The van der Waals surface area contributed by atoms with Crippen LogP contribution in [0.2, 0.25) is 5.02 Å². The largest absolute Gasteiger partial charge is 0.452 e. The number of anilines is 1. The molecular formula is C30H24ClF3N4O5. The van der Waals surface area contributed by atoms with Crippen molar-refractivity contribution >= 4 is 35.1 Å². The maximum absolute atomic E-state index is 13.4. The number of hydrogen-bond acceptors (Lipinski definition) is 6. The molecule has 4 aromatic rings. The zero-order chi connectivity index (χ0) is 31.0. The van der Waals surface area contributed by atoms with Gasteiger partial charge in [-0.25, -0.2) is 9.78 Å². The second-order valence-corrected chi connectivity index (χ2v) is 9.69. The van der Waals surface area contributed by atoms with Crippen molar-refractivity contribution in [1.29, 1.82) is 0 Å². The van der Waals surface area contributed by atoms with E-state index < -0.39 is 48.5 Å². The molecule has 0 aliphatic heterocycles. The average Bonchev–Trinajstić information content (AvgIpc) is 2.98. The van der Waals surface area contributed by atoms with Crippen LogP contribution in [0.25, 0.3) is 11.4 Å². The molecule has 1 atom stereocenters. The summed E-state index contributed by atoms with van der Waals surface area (Å²) in [6.45, 7) is -0.912. The van der Waals surface area contributed by atoms with Gasteiger partial charge in [0.15, 0.2) is 0 Å². The van der Waals surface area contributed by atoms with Crippen molar-refractivity contribution in [2.75, 3.05) is 5.32 Å². The van der Waals surface area contributed by atoms with Crippen LogP contribution in [0.15, 0.2) is 95.9 Å². The Morgan fingerprint density at radius 2 is 1.51 bits per heavy atom. The number of aromatic nitrogens is 2. The van der Waals surface area contributed by atoms with Crippen molar-refractivity contribution in [3.05, 3.63) is 118 Å². The van der Waals surface area contributed by atoms with Crippen LogP contribution in [-0.2, 0) is 33.9 Å². The fourth-order valence-electron chi connectivity index (χ4n) is 4.06. The first kappa shape index (κ1) is 31.0. The smallest absolute Gasteiger partial charge is 0.444 e. The van der Waals surface area contributed by atoms with E-state index in [-0.39, 0.29) is 18.1 Å². The van der Waals surface area contributed by atoms with Crippen molar-refractivity contribution in [2.24, 2.45) is 0 Å². The summed E-state index contributed by atoms with van der Waals surface area (Å²) < 4.78 is 46.1. The molecule has 222 valence electrons. The maximum atomic E-state index is 13.4. The number of hydrogen-bond donors (Lipinski definition) is 2. The highest BCUT2D eigenvalue weighted by atomic mass is 35.5. The summed E-state index contributed by atoms with van der Waals surface area (Å²) in [4.78, 5) is 55.3. The molecule has 0 spiro atoms. The summed E-state index contributed by atoms with van der Waals surface area (Å²) in [6, 6.07) is 20.7. The van der Waals surface area contributed by atoms with E-state index >= 15 is 0 Å². The zero-order valence-corrected chi connectivity index (χ0v) is 23.1. The Morgan fingerprint density at radius 3 is 2.12 bits per heavy atom. The quantitative estimate of drug-likeness (QED) is 0.255. The predicted octanol–water partition coefficient (Wildman–Crippen LogP) is 5.17. The lowest BCUT2D eigenvalue weighted by Gasteiger charge is -2.20. The van der Waals surface area contributed by atoms with E-state index in [4.69, 9.17) is 16.3 Å². The van der Waals surface area contributed by atoms with Gasteiger partial charge in [-0.05, 0) is 35.4 Å². The number of benzene rings is 3. The topological polar surface area (TPSA) is 119 Å². The number of ether oxygens (including phenoxy) is 1. The number of rotatable bonds is 10. The highest BCUT2D eigenvalue weighted by Crippen LogP contribution is 2.22. The van der Waals surface area contributed by atoms with Gasteiger partial charge in [0, 0.05) is 17.0 Å². The van der Waals surface area contributed by atoms with Gasteiger partial charge in [-0.2, -0.15) is 13.2 Å². The summed E-state index contributed by atoms with van der Waals surface area (Å²) in [5, 5.41) is 4.76. The van der Waals surface area contributed by atoms with Crippen LogP contribution in [-0.4, -0.2) is 39.6 Å². The Labute approximate surface area is 248 Å². The molecule has 0 saturated carbocycles. The standard InChI is InChI=1S/C30H24ClF3N4O5/c31-22-13-11-21(12-14-22)27-35-16-24(37-29(42)43-18-20-9-5-2-6-10-20)28(41)38(27)17-25(39)36-23(26(40)30(32,33)34)15-19-7-3-1-4-8-19/h1-14,16,23H,15,17-18H2,(H,36,39)(H,37,42). The molecule has 0 radical (unpaired) electrons. The van der Waals surface area contributed by atoms with Crippen LogP contribution in [0.5, 0.6) is 0 Å². The minimum atomic E-state index is -5.22. The number of amides is 2. The van der Waals surface area contributed by atoms with E-state index in [0.717, 1.165) is 10.8 Å². The normalized spacial score (nSPS) is 11.8. The number of alkyl halides is 3. The predicted molar refractivity (Wildman–Crippen MR) is 152 cm³/mol. The molecule has 0 aliphatic carbocycles. The molecule has 2 N–H and O–H groups in total. The number of carbonyl (C=O) groups excluding carboxylic acids is 3. The third kappa shape index (κ3) is 8.52. The second-order valence-electron chi connectivity index (χ2n) is 9.25. The minimum Gasteiger partial charge on any atom is -0.444 e. The molecule has 13 heteroatoms. The highest BCUT2D eigenvalue weighted by Gasteiger charge is 2.44. The van der Waals surface area contributed by atoms with Crippen molar-refractivity contribution in [2.45, 2.75) is 31.8 Å². The van der Waals surface area contributed by atoms with E-state index in [1.165, 1.54) is 36.4 Å². The summed E-state index contributed by atoms with van der Waals surface area (Å²) in [6.07, 6.45) is -5.56. The fraction of sp³-hybridized carbons (Fsp3) is 0.167. The average molecular weight is 613 g/mol. The number of nitrogens with one attached hydrogen (secondary N) is 2. The summed E-state index contributed by atoms with van der Waals surface area (Å²) in [5.41, 5.74) is 0.178. The molecule has 0 bridgehead atoms. The summed E-state index contributed by atoms with van der Waals surface area (Å²) in [5.74, 6) is -3.26. The molecule has 4 rings (SSSR count). The SMILES string of the molecule is O=C(Cn1c(-c2ccc(Cl)cc2)ncc(NC(=O)OCc2ccccc2)c1=O)NC(Cc1ccccc1)C(=O)C(F)(F)F.